The number of rotatable bonds is 5. The van der Waals surface area contributed by atoms with Crippen LogP contribution >= 0.6 is 22.9 Å². The van der Waals surface area contributed by atoms with E-state index in [1.54, 1.807) is 11.3 Å². The molecule has 3 aromatic heterocycles. The first-order valence-corrected chi connectivity index (χ1v) is 18.6. The number of pyridine rings is 1. The van der Waals surface area contributed by atoms with Gasteiger partial charge in [0.2, 0.25) is 11.8 Å². The van der Waals surface area contributed by atoms with E-state index >= 15 is 0 Å². The van der Waals surface area contributed by atoms with Gasteiger partial charge in [0.05, 0.1) is 18.6 Å². The van der Waals surface area contributed by atoms with Gasteiger partial charge in [0.25, 0.3) is 0 Å². The SMILES string of the molecule is Cc1sc2c(c1C)C(c1ccc(Cl)cc1)=N[C@@H](CC(=O)N1CCC3(CCN(c4ncccc4-c4ccc5c(c4)CC(=O)N5)C3)C1)c1nnc(C)n1-2. The van der Waals surface area contributed by atoms with E-state index in [1.165, 1.54) is 10.4 Å². The number of benzene rings is 2. The second kappa shape index (κ2) is 12.1. The first-order chi connectivity index (χ1) is 24.7. The third kappa shape index (κ3) is 5.45. The average molecular weight is 717 g/mol. The van der Waals surface area contributed by atoms with Crippen molar-refractivity contribution in [3.63, 3.8) is 0 Å². The van der Waals surface area contributed by atoms with Crippen LogP contribution < -0.4 is 10.2 Å². The lowest BCUT2D eigenvalue weighted by Crippen LogP contribution is -2.35. The molecule has 0 saturated carbocycles. The molecule has 10 nitrogen and oxygen atoms in total. The number of halogens is 1. The van der Waals surface area contributed by atoms with Gasteiger partial charge in [-0.3, -0.25) is 19.1 Å². The fourth-order valence-corrected chi connectivity index (χ4v) is 9.64. The minimum absolute atomic E-state index is 0.00463. The summed E-state index contributed by atoms with van der Waals surface area (Å²) in [7, 11) is 0. The third-order valence-electron chi connectivity index (χ3n) is 11.1. The average Bonchev–Trinajstić information content (AvgIpc) is 3.95. The van der Waals surface area contributed by atoms with Crippen LogP contribution in [0.2, 0.25) is 5.02 Å². The number of anilines is 2. The number of nitrogens with zero attached hydrogens (tertiary/aromatic N) is 7. The minimum Gasteiger partial charge on any atom is -0.355 e. The van der Waals surface area contributed by atoms with E-state index in [9.17, 15) is 9.59 Å². The molecule has 9 rings (SSSR count). The fraction of sp³-hybridized carbons (Fsp3) is 0.333. The molecule has 1 N–H and O–H groups in total. The number of aliphatic imine (C=N–C) groups is 1. The molecule has 1 spiro atoms. The number of amides is 2. The molecule has 4 aliphatic rings. The first kappa shape index (κ1) is 32.1. The number of fused-ring (bicyclic) bond motifs is 4. The van der Waals surface area contributed by atoms with Crippen molar-refractivity contribution in [1.82, 2.24) is 24.6 Å². The number of aryl methyl sites for hydroxylation is 2. The molecule has 2 saturated heterocycles. The van der Waals surface area contributed by atoms with Gasteiger partial charge in [-0.2, -0.15) is 0 Å². The van der Waals surface area contributed by atoms with Crippen LogP contribution in [0.4, 0.5) is 11.5 Å². The summed E-state index contributed by atoms with van der Waals surface area (Å²) in [5.41, 5.74) is 8.06. The van der Waals surface area contributed by atoms with E-state index in [2.05, 4.69) is 57.0 Å². The molecule has 2 amide bonds. The predicted molar refractivity (Wildman–Crippen MR) is 200 cm³/mol. The Morgan fingerprint density at radius 3 is 2.67 bits per heavy atom. The number of hydrogen-bond acceptors (Lipinski definition) is 8. The van der Waals surface area contributed by atoms with Crippen molar-refractivity contribution in [2.24, 2.45) is 10.4 Å². The van der Waals surface area contributed by atoms with Crippen LogP contribution in [0.3, 0.4) is 0 Å². The van der Waals surface area contributed by atoms with Crippen molar-refractivity contribution in [1.29, 1.82) is 0 Å². The number of carbonyl (C=O) groups is 2. The number of nitrogens with one attached hydrogen (secondary N) is 1. The van der Waals surface area contributed by atoms with E-state index in [1.807, 2.05) is 54.4 Å². The normalized spacial score (nSPS) is 20.7. The summed E-state index contributed by atoms with van der Waals surface area (Å²) in [6.07, 6.45) is 4.39. The Morgan fingerprint density at radius 1 is 1.02 bits per heavy atom. The van der Waals surface area contributed by atoms with Crippen molar-refractivity contribution in [3.8, 4) is 16.1 Å². The molecule has 2 fully saturated rings. The molecule has 2 atom stereocenters. The number of likely N-dealkylation sites (tertiary alicyclic amines) is 1. The van der Waals surface area contributed by atoms with Crippen LogP contribution in [-0.4, -0.2) is 68.4 Å². The Balaban J connectivity index is 0.971. The third-order valence-corrected chi connectivity index (χ3v) is 12.5. The van der Waals surface area contributed by atoms with Gasteiger partial charge in [0.1, 0.15) is 22.7 Å². The number of hydrogen-bond donors (Lipinski definition) is 1. The summed E-state index contributed by atoms with van der Waals surface area (Å²) in [6.45, 7) is 9.35. The molecule has 0 aliphatic carbocycles. The molecule has 4 aliphatic heterocycles. The summed E-state index contributed by atoms with van der Waals surface area (Å²) >= 11 is 8.00. The summed E-state index contributed by atoms with van der Waals surface area (Å²) in [5.74, 6) is 2.54. The van der Waals surface area contributed by atoms with E-state index in [0.29, 0.717) is 30.4 Å². The molecule has 0 radical (unpaired) electrons. The predicted octanol–water partition coefficient (Wildman–Crippen LogP) is 6.88. The van der Waals surface area contributed by atoms with Crippen LogP contribution in [0.25, 0.3) is 16.1 Å². The van der Waals surface area contributed by atoms with Crippen molar-refractivity contribution >= 4 is 52.0 Å². The Kier molecular flexibility index (Phi) is 7.62. The van der Waals surface area contributed by atoms with Gasteiger partial charge >= 0.3 is 0 Å². The zero-order valence-corrected chi connectivity index (χ0v) is 30.3. The second-order valence-corrected chi connectivity index (χ2v) is 16.0. The lowest BCUT2D eigenvalue weighted by atomic mass is 9.86. The molecule has 5 aromatic rings. The molecule has 12 heteroatoms. The summed E-state index contributed by atoms with van der Waals surface area (Å²) in [5, 5.41) is 13.7. The topological polar surface area (TPSA) is 109 Å². The highest BCUT2D eigenvalue weighted by molar-refractivity contribution is 7.15. The summed E-state index contributed by atoms with van der Waals surface area (Å²) < 4.78 is 2.10. The Labute approximate surface area is 305 Å². The largest absolute Gasteiger partial charge is 0.355 e. The molecule has 2 aromatic carbocycles. The van der Waals surface area contributed by atoms with Gasteiger partial charge < -0.3 is 15.1 Å². The maximum atomic E-state index is 14.2. The molecule has 258 valence electrons. The minimum atomic E-state index is -0.491. The van der Waals surface area contributed by atoms with Crippen LogP contribution in [0, 0.1) is 26.2 Å². The molecule has 51 heavy (non-hydrogen) atoms. The van der Waals surface area contributed by atoms with Gasteiger partial charge in [-0.25, -0.2) is 4.98 Å². The van der Waals surface area contributed by atoms with Crippen molar-refractivity contribution in [2.75, 3.05) is 36.4 Å². The Morgan fingerprint density at radius 2 is 1.82 bits per heavy atom. The second-order valence-electron chi connectivity index (χ2n) is 14.3. The summed E-state index contributed by atoms with van der Waals surface area (Å²) in [4.78, 5) is 42.0. The molecular formula is C39H37ClN8O2S. The van der Waals surface area contributed by atoms with E-state index < -0.39 is 6.04 Å². The Hall–Kier alpha value is -4.87. The number of carbonyl (C=O) groups excluding carboxylic acids is 2. The van der Waals surface area contributed by atoms with Crippen LogP contribution in [0.5, 0.6) is 0 Å². The zero-order chi connectivity index (χ0) is 35.0. The van der Waals surface area contributed by atoms with Gasteiger partial charge in [0.15, 0.2) is 5.82 Å². The highest BCUT2D eigenvalue weighted by atomic mass is 35.5. The maximum absolute atomic E-state index is 14.2. The van der Waals surface area contributed by atoms with Crippen molar-refractivity contribution < 1.29 is 9.59 Å². The van der Waals surface area contributed by atoms with Gasteiger partial charge in [-0.1, -0.05) is 29.8 Å². The smallest absolute Gasteiger partial charge is 0.228 e. The molecule has 1 unspecified atom stereocenters. The highest BCUT2D eigenvalue weighted by Gasteiger charge is 2.46. The van der Waals surface area contributed by atoms with E-state index in [4.69, 9.17) is 21.6 Å². The van der Waals surface area contributed by atoms with Crippen LogP contribution in [0.15, 0.2) is 65.8 Å². The fourth-order valence-electron chi connectivity index (χ4n) is 8.30. The van der Waals surface area contributed by atoms with Crippen molar-refractivity contribution in [3.05, 3.63) is 105 Å². The van der Waals surface area contributed by atoms with Gasteiger partial charge in [-0.05, 0) is 86.7 Å². The van der Waals surface area contributed by atoms with Crippen LogP contribution in [-0.2, 0) is 16.0 Å². The number of thiophene rings is 1. The lowest BCUT2D eigenvalue weighted by Gasteiger charge is -2.26. The summed E-state index contributed by atoms with van der Waals surface area (Å²) in [6, 6.07) is 17.5. The zero-order valence-electron chi connectivity index (χ0n) is 28.7. The lowest BCUT2D eigenvalue weighted by molar-refractivity contribution is -0.131. The van der Waals surface area contributed by atoms with Crippen LogP contribution in [0.1, 0.15) is 64.1 Å². The molecular weight excluding hydrogens is 680 g/mol. The van der Waals surface area contributed by atoms with E-state index in [-0.39, 0.29) is 23.7 Å². The van der Waals surface area contributed by atoms with Gasteiger partial charge in [0, 0.05) is 70.1 Å². The monoisotopic (exact) mass is 716 g/mol. The first-order valence-electron chi connectivity index (χ1n) is 17.4. The Bertz CT molecular complexity index is 2280. The quantitative estimate of drug-likeness (QED) is 0.213. The van der Waals surface area contributed by atoms with Gasteiger partial charge in [-0.15, -0.1) is 21.5 Å². The maximum Gasteiger partial charge on any atom is 0.228 e. The standard InChI is InChI=1S/C39H37ClN8O2S/c1-22-23(2)51-38-34(22)35(25-6-9-28(40)10-7-25)43-31(37-45-44-24(3)48(37)38)19-33(50)46-15-12-39(20-46)13-16-47(21-39)36-29(5-4-14-41-36)26-8-11-30-27(17-26)18-32(49)42-30/h4-11,14,17,31H,12-13,15-16,18-21H2,1-3H3,(H,42,49)/t31-,39?/m0/s1. The molecule has 7 heterocycles. The number of aromatic nitrogens is 4. The van der Waals surface area contributed by atoms with Crippen molar-refractivity contribution in [2.45, 2.75) is 52.5 Å². The molecule has 0 bridgehead atoms. The van der Waals surface area contributed by atoms with E-state index in [0.717, 1.165) is 81.8 Å². The highest BCUT2D eigenvalue weighted by Crippen LogP contribution is 2.44.